The largest absolute Gasteiger partial charge is 0.385 e. The third-order valence-electron chi connectivity index (χ3n) is 5.07. The van der Waals surface area contributed by atoms with Gasteiger partial charge in [-0.15, -0.1) is 0 Å². The van der Waals surface area contributed by atoms with Gasteiger partial charge < -0.3 is 5.11 Å². The quantitative estimate of drug-likeness (QED) is 0.653. The van der Waals surface area contributed by atoms with Crippen molar-refractivity contribution in [2.75, 3.05) is 0 Å². The summed E-state index contributed by atoms with van der Waals surface area (Å²) in [5.41, 5.74) is 0.842. The zero-order valence-corrected chi connectivity index (χ0v) is 9.87. The maximum absolute atomic E-state index is 10.7. The monoisotopic (exact) mass is 206 g/mol. The van der Waals surface area contributed by atoms with Crippen molar-refractivity contribution < 1.29 is 5.11 Å². The van der Waals surface area contributed by atoms with E-state index >= 15 is 0 Å². The van der Waals surface area contributed by atoms with Crippen molar-refractivity contribution in [2.24, 2.45) is 23.7 Å². The summed E-state index contributed by atoms with van der Waals surface area (Å²) in [6.45, 7) is 4.21. The number of rotatable bonds is 1. The molecular formula is C14H22O. The number of allylic oxidation sites excluding steroid dienone is 1. The minimum atomic E-state index is -0.436. The molecule has 0 heterocycles. The highest BCUT2D eigenvalue weighted by atomic mass is 16.3. The zero-order chi connectivity index (χ0) is 10.6. The van der Waals surface area contributed by atoms with Crippen LogP contribution in [0.2, 0.25) is 0 Å². The Kier molecular flexibility index (Phi) is 2.04. The Morgan fingerprint density at radius 2 is 2.00 bits per heavy atom. The molecule has 2 bridgehead atoms. The van der Waals surface area contributed by atoms with Gasteiger partial charge in [-0.1, -0.05) is 18.1 Å². The number of hydrogen-bond acceptors (Lipinski definition) is 1. The van der Waals surface area contributed by atoms with Gasteiger partial charge in [-0.25, -0.2) is 0 Å². The van der Waals surface area contributed by atoms with Gasteiger partial charge in [-0.05, 0) is 63.2 Å². The van der Waals surface area contributed by atoms with Gasteiger partial charge in [0.25, 0.3) is 0 Å². The molecule has 1 nitrogen and oxygen atoms in total. The van der Waals surface area contributed by atoms with Crippen molar-refractivity contribution in [2.45, 2.75) is 51.6 Å². The van der Waals surface area contributed by atoms with Gasteiger partial charge in [-0.3, -0.25) is 0 Å². The van der Waals surface area contributed by atoms with Crippen LogP contribution in [0.1, 0.15) is 46.0 Å². The van der Waals surface area contributed by atoms with Crippen LogP contribution in [0.25, 0.3) is 0 Å². The normalized spacial score (nSPS) is 51.9. The highest BCUT2D eigenvalue weighted by Crippen LogP contribution is 2.62. The van der Waals surface area contributed by atoms with Gasteiger partial charge in [-0.2, -0.15) is 0 Å². The van der Waals surface area contributed by atoms with Crippen LogP contribution < -0.4 is 0 Å². The van der Waals surface area contributed by atoms with Crippen LogP contribution in [0.5, 0.6) is 0 Å². The molecule has 1 heteroatoms. The fourth-order valence-electron chi connectivity index (χ4n) is 4.82. The Balaban J connectivity index is 1.89. The molecule has 0 saturated heterocycles. The molecule has 1 N–H and O–H groups in total. The van der Waals surface area contributed by atoms with E-state index in [0.29, 0.717) is 5.92 Å². The third kappa shape index (κ3) is 1.32. The summed E-state index contributed by atoms with van der Waals surface area (Å²) in [6.07, 6.45) is 8.72. The van der Waals surface area contributed by atoms with E-state index in [1.54, 1.807) is 0 Å². The van der Waals surface area contributed by atoms with E-state index < -0.39 is 5.60 Å². The number of hydrogen-bond donors (Lipinski definition) is 1. The van der Waals surface area contributed by atoms with Crippen LogP contribution in [0.4, 0.5) is 0 Å². The van der Waals surface area contributed by atoms with E-state index in [0.717, 1.165) is 24.2 Å². The summed E-state index contributed by atoms with van der Waals surface area (Å²) >= 11 is 0. The molecule has 0 radical (unpaired) electrons. The van der Waals surface area contributed by atoms with Crippen molar-refractivity contribution in [3.05, 3.63) is 11.6 Å². The van der Waals surface area contributed by atoms with Gasteiger partial charge in [0.1, 0.15) is 0 Å². The van der Waals surface area contributed by atoms with Gasteiger partial charge in [0.05, 0.1) is 5.60 Å². The number of aliphatic hydroxyl groups is 1. The molecule has 0 aromatic rings. The predicted octanol–water partition coefficient (Wildman–Crippen LogP) is 3.14. The molecule has 0 aliphatic heterocycles. The Morgan fingerprint density at radius 3 is 2.73 bits per heavy atom. The van der Waals surface area contributed by atoms with Crippen molar-refractivity contribution >= 4 is 0 Å². The average molecular weight is 206 g/mol. The molecule has 0 amide bonds. The third-order valence-corrected chi connectivity index (χ3v) is 5.07. The fourth-order valence-corrected chi connectivity index (χ4v) is 4.82. The summed E-state index contributed by atoms with van der Waals surface area (Å²) in [7, 11) is 0. The first-order valence-corrected chi connectivity index (χ1v) is 6.48. The Hall–Kier alpha value is -0.300. The number of fused-ring (bicyclic) bond motifs is 5. The van der Waals surface area contributed by atoms with Crippen molar-refractivity contribution in [3.63, 3.8) is 0 Å². The Labute approximate surface area is 92.6 Å². The summed E-state index contributed by atoms with van der Waals surface area (Å²) in [4.78, 5) is 0. The minimum Gasteiger partial charge on any atom is -0.385 e. The second kappa shape index (κ2) is 3.10. The first kappa shape index (κ1) is 9.89. The first-order chi connectivity index (χ1) is 7.10. The molecule has 3 aliphatic rings. The molecule has 3 rings (SSSR count). The SMILES string of the molecule is CC(C)=CC1(O)CC2CC1C1CCCC21. The van der Waals surface area contributed by atoms with Crippen molar-refractivity contribution in [3.8, 4) is 0 Å². The molecular weight excluding hydrogens is 184 g/mol. The van der Waals surface area contributed by atoms with Crippen LogP contribution in [-0.2, 0) is 0 Å². The topological polar surface area (TPSA) is 20.2 Å². The highest BCUT2D eigenvalue weighted by Gasteiger charge is 2.59. The van der Waals surface area contributed by atoms with E-state index in [2.05, 4.69) is 19.9 Å². The molecule has 3 fully saturated rings. The molecule has 5 unspecified atom stereocenters. The lowest BCUT2D eigenvalue weighted by atomic mass is 9.72. The maximum atomic E-state index is 10.7. The molecule has 84 valence electrons. The molecule has 0 aromatic carbocycles. The van der Waals surface area contributed by atoms with Gasteiger partial charge in [0, 0.05) is 0 Å². The lowest BCUT2D eigenvalue weighted by Gasteiger charge is -2.37. The minimum absolute atomic E-state index is 0.436. The van der Waals surface area contributed by atoms with Crippen molar-refractivity contribution in [1.82, 2.24) is 0 Å². The molecule has 5 atom stereocenters. The van der Waals surface area contributed by atoms with E-state index in [9.17, 15) is 5.11 Å². The van der Waals surface area contributed by atoms with E-state index in [1.165, 1.54) is 31.3 Å². The molecule has 15 heavy (non-hydrogen) atoms. The Morgan fingerprint density at radius 1 is 1.27 bits per heavy atom. The molecule has 0 aromatic heterocycles. The molecule has 3 saturated carbocycles. The van der Waals surface area contributed by atoms with Gasteiger partial charge in [0.2, 0.25) is 0 Å². The van der Waals surface area contributed by atoms with Crippen LogP contribution in [0, 0.1) is 23.7 Å². The second-order valence-electron chi connectivity index (χ2n) is 6.28. The van der Waals surface area contributed by atoms with Crippen LogP contribution >= 0.6 is 0 Å². The smallest absolute Gasteiger partial charge is 0.0863 e. The lowest BCUT2D eigenvalue weighted by Crippen LogP contribution is -2.39. The van der Waals surface area contributed by atoms with Crippen LogP contribution in [0.3, 0.4) is 0 Å². The summed E-state index contributed by atoms with van der Waals surface area (Å²) in [5, 5.41) is 10.7. The van der Waals surface area contributed by atoms with E-state index in [-0.39, 0.29) is 0 Å². The molecule has 0 spiro atoms. The molecule has 3 aliphatic carbocycles. The Bertz CT molecular complexity index is 302. The summed E-state index contributed by atoms with van der Waals surface area (Å²) in [5.74, 6) is 3.25. The van der Waals surface area contributed by atoms with Crippen LogP contribution in [-0.4, -0.2) is 10.7 Å². The van der Waals surface area contributed by atoms with E-state index in [1.807, 2.05) is 0 Å². The average Bonchev–Trinajstić information content (AvgIpc) is 2.70. The predicted molar refractivity (Wildman–Crippen MR) is 61.4 cm³/mol. The van der Waals surface area contributed by atoms with E-state index in [4.69, 9.17) is 0 Å². The van der Waals surface area contributed by atoms with Gasteiger partial charge >= 0.3 is 0 Å². The summed E-state index contributed by atoms with van der Waals surface area (Å²) in [6, 6.07) is 0. The zero-order valence-electron chi connectivity index (χ0n) is 9.87. The first-order valence-electron chi connectivity index (χ1n) is 6.48. The maximum Gasteiger partial charge on any atom is 0.0863 e. The lowest BCUT2D eigenvalue weighted by molar-refractivity contribution is -0.00487. The second-order valence-corrected chi connectivity index (χ2v) is 6.28. The highest BCUT2D eigenvalue weighted by molar-refractivity contribution is 5.19. The fraction of sp³-hybridized carbons (Fsp3) is 0.857. The standard InChI is InChI=1S/C14H22O/c1-9(2)7-14(15)8-10-6-13(14)12-5-3-4-11(10)12/h7,10-13,15H,3-6,8H2,1-2H3. The van der Waals surface area contributed by atoms with Crippen LogP contribution in [0.15, 0.2) is 11.6 Å². The summed E-state index contributed by atoms with van der Waals surface area (Å²) < 4.78 is 0. The van der Waals surface area contributed by atoms with Crippen molar-refractivity contribution in [1.29, 1.82) is 0 Å². The van der Waals surface area contributed by atoms with Gasteiger partial charge in [0.15, 0.2) is 0 Å².